The summed E-state index contributed by atoms with van der Waals surface area (Å²) in [4.78, 5) is 13.3. The van der Waals surface area contributed by atoms with E-state index in [2.05, 4.69) is 20.3 Å². The zero-order valence-electron chi connectivity index (χ0n) is 15.8. The summed E-state index contributed by atoms with van der Waals surface area (Å²) < 4.78 is 12.6. The van der Waals surface area contributed by atoms with Crippen molar-refractivity contribution in [2.24, 2.45) is 0 Å². The molecule has 0 bridgehead atoms. The number of anilines is 1. The first-order valence-corrected chi connectivity index (χ1v) is 8.98. The number of nitrogens with one attached hydrogen (secondary N) is 1. The summed E-state index contributed by atoms with van der Waals surface area (Å²) in [6.07, 6.45) is 4.14. The Labute approximate surface area is 163 Å². The minimum atomic E-state index is 0.708. The molecule has 4 aromatic rings. The molecular weight excluding hydrogens is 354 g/mol. The molecule has 0 saturated carbocycles. The number of nitrogens with zero attached hydrogens (tertiary/aromatic N) is 4. The molecule has 0 aliphatic heterocycles. The number of rotatable bonds is 7. The summed E-state index contributed by atoms with van der Waals surface area (Å²) in [7, 11) is 3.27. The van der Waals surface area contributed by atoms with Gasteiger partial charge in [-0.3, -0.25) is 4.57 Å². The molecule has 2 heterocycles. The van der Waals surface area contributed by atoms with Gasteiger partial charge in [0.2, 0.25) is 0 Å². The van der Waals surface area contributed by atoms with E-state index in [9.17, 15) is 0 Å². The van der Waals surface area contributed by atoms with Gasteiger partial charge >= 0.3 is 0 Å². The van der Waals surface area contributed by atoms with Crippen LogP contribution in [0.5, 0.6) is 11.5 Å². The van der Waals surface area contributed by atoms with Gasteiger partial charge in [0.05, 0.1) is 14.2 Å². The van der Waals surface area contributed by atoms with Crippen LogP contribution in [0.4, 0.5) is 5.82 Å². The molecule has 0 unspecified atom stereocenters. The zero-order valence-corrected chi connectivity index (χ0v) is 15.8. The van der Waals surface area contributed by atoms with E-state index in [0.29, 0.717) is 6.54 Å². The molecule has 2 aromatic heterocycles. The SMILES string of the molecule is COc1ccc(CCNc2ncnc3c2ncn3-c2ccccc2)cc1OC. The fourth-order valence-corrected chi connectivity index (χ4v) is 3.10. The van der Waals surface area contributed by atoms with E-state index in [0.717, 1.165) is 46.2 Å². The molecule has 7 nitrogen and oxygen atoms in total. The Morgan fingerprint density at radius 3 is 2.54 bits per heavy atom. The van der Waals surface area contributed by atoms with Gasteiger partial charge in [-0.1, -0.05) is 24.3 Å². The number of hydrogen-bond donors (Lipinski definition) is 1. The summed E-state index contributed by atoms with van der Waals surface area (Å²) in [6, 6.07) is 15.9. The number of benzene rings is 2. The number of aromatic nitrogens is 4. The predicted octanol–water partition coefficient (Wildman–Crippen LogP) is 3.49. The zero-order chi connectivity index (χ0) is 19.3. The van der Waals surface area contributed by atoms with Crippen molar-refractivity contribution in [1.29, 1.82) is 0 Å². The maximum atomic E-state index is 5.37. The van der Waals surface area contributed by atoms with Crippen LogP contribution in [0, 0.1) is 0 Å². The third kappa shape index (κ3) is 3.46. The molecule has 2 aromatic carbocycles. The Morgan fingerprint density at radius 2 is 1.75 bits per heavy atom. The Hall–Kier alpha value is -3.61. The van der Waals surface area contributed by atoms with Crippen molar-refractivity contribution >= 4 is 17.0 Å². The van der Waals surface area contributed by atoms with E-state index in [1.807, 2.05) is 53.1 Å². The van der Waals surface area contributed by atoms with Crippen LogP contribution in [0.3, 0.4) is 0 Å². The van der Waals surface area contributed by atoms with Crippen molar-refractivity contribution in [2.75, 3.05) is 26.1 Å². The van der Waals surface area contributed by atoms with Crippen molar-refractivity contribution in [3.8, 4) is 17.2 Å². The maximum Gasteiger partial charge on any atom is 0.170 e. The number of hydrogen-bond acceptors (Lipinski definition) is 6. The highest BCUT2D eigenvalue weighted by Gasteiger charge is 2.11. The van der Waals surface area contributed by atoms with Crippen molar-refractivity contribution in [1.82, 2.24) is 19.5 Å². The molecule has 0 saturated heterocycles. The van der Waals surface area contributed by atoms with Crippen LogP contribution in [0.1, 0.15) is 5.56 Å². The highest BCUT2D eigenvalue weighted by molar-refractivity contribution is 5.83. The number of ether oxygens (including phenoxy) is 2. The van der Waals surface area contributed by atoms with E-state index in [-0.39, 0.29) is 0 Å². The van der Waals surface area contributed by atoms with Crippen molar-refractivity contribution in [3.63, 3.8) is 0 Å². The van der Waals surface area contributed by atoms with Gasteiger partial charge in [-0.25, -0.2) is 15.0 Å². The monoisotopic (exact) mass is 375 g/mol. The quantitative estimate of drug-likeness (QED) is 0.533. The standard InChI is InChI=1S/C21H21N5O2/c1-27-17-9-8-15(12-18(17)28-2)10-11-22-20-19-21(24-13-23-20)26(14-25-19)16-6-4-3-5-7-16/h3-9,12-14H,10-11H2,1-2H3,(H,22,23,24). The lowest BCUT2D eigenvalue weighted by Crippen LogP contribution is -2.07. The Bertz CT molecular complexity index is 1080. The normalized spacial score (nSPS) is 10.8. The van der Waals surface area contributed by atoms with Gasteiger partial charge in [-0.15, -0.1) is 0 Å². The third-order valence-electron chi connectivity index (χ3n) is 4.52. The molecule has 0 amide bonds. The van der Waals surface area contributed by atoms with E-state index < -0.39 is 0 Å². The average molecular weight is 375 g/mol. The first-order valence-electron chi connectivity index (χ1n) is 8.98. The Balaban J connectivity index is 1.51. The van der Waals surface area contributed by atoms with Gasteiger partial charge in [0.25, 0.3) is 0 Å². The van der Waals surface area contributed by atoms with Crippen LogP contribution in [-0.4, -0.2) is 40.3 Å². The van der Waals surface area contributed by atoms with Gasteiger partial charge in [0, 0.05) is 12.2 Å². The summed E-state index contributed by atoms with van der Waals surface area (Å²) in [5, 5.41) is 3.37. The summed E-state index contributed by atoms with van der Waals surface area (Å²) in [5.41, 5.74) is 3.68. The van der Waals surface area contributed by atoms with Gasteiger partial charge in [-0.2, -0.15) is 0 Å². The molecule has 0 radical (unpaired) electrons. The highest BCUT2D eigenvalue weighted by atomic mass is 16.5. The largest absolute Gasteiger partial charge is 0.493 e. The lowest BCUT2D eigenvalue weighted by atomic mass is 10.1. The molecule has 4 rings (SSSR count). The summed E-state index contributed by atoms with van der Waals surface area (Å²) >= 11 is 0. The molecular formula is C21H21N5O2. The second-order valence-corrected chi connectivity index (χ2v) is 6.21. The maximum absolute atomic E-state index is 5.37. The molecule has 7 heteroatoms. The van der Waals surface area contributed by atoms with Crippen LogP contribution in [0.2, 0.25) is 0 Å². The predicted molar refractivity (Wildman–Crippen MR) is 108 cm³/mol. The van der Waals surface area contributed by atoms with Crippen molar-refractivity contribution in [3.05, 3.63) is 66.7 Å². The Morgan fingerprint density at radius 1 is 0.929 bits per heavy atom. The number of imidazole rings is 1. The van der Waals surface area contributed by atoms with Gasteiger partial charge in [-0.05, 0) is 36.2 Å². The van der Waals surface area contributed by atoms with Crippen molar-refractivity contribution in [2.45, 2.75) is 6.42 Å². The minimum Gasteiger partial charge on any atom is -0.493 e. The smallest absolute Gasteiger partial charge is 0.170 e. The number of methoxy groups -OCH3 is 2. The first kappa shape index (κ1) is 17.8. The second-order valence-electron chi connectivity index (χ2n) is 6.21. The van der Waals surface area contributed by atoms with Crippen LogP contribution in [0.25, 0.3) is 16.9 Å². The lowest BCUT2D eigenvalue weighted by Gasteiger charge is -2.10. The molecule has 0 fully saturated rings. The first-order chi connectivity index (χ1) is 13.8. The topological polar surface area (TPSA) is 74.1 Å². The fourth-order valence-electron chi connectivity index (χ4n) is 3.10. The van der Waals surface area contributed by atoms with Gasteiger partial charge in [0.15, 0.2) is 28.5 Å². The van der Waals surface area contributed by atoms with E-state index in [1.165, 1.54) is 0 Å². The van der Waals surface area contributed by atoms with E-state index >= 15 is 0 Å². The second kappa shape index (κ2) is 7.96. The molecule has 0 atom stereocenters. The van der Waals surface area contributed by atoms with E-state index in [1.54, 1.807) is 26.9 Å². The average Bonchev–Trinajstić information content (AvgIpc) is 3.19. The molecule has 0 aliphatic carbocycles. The van der Waals surface area contributed by atoms with E-state index in [4.69, 9.17) is 9.47 Å². The van der Waals surface area contributed by atoms with Crippen molar-refractivity contribution < 1.29 is 9.47 Å². The van der Waals surface area contributed by atoms with Gasteiger partial charge in [0.1, 0.15) is 12.7 Å². The fraction of sp³-hybridized carbons (Fsp3) is 0.190. The van der Waals surface area contributed by atoms with Crippen LogP contribution < -0.4 is 14.8 Å². The summed E-state index contributed by atoms with van der Waals surface area (Å²) in [5.74, 6) is 2.18. The van der Waals surface area contributed by atoms with Crippen LogP contribution >= 0.6 is 0 Å². The molecule has 28 heavy (non-hydrogen) atoms. The van der Waals surface area contributed by atoms with Crippen LogP contribution in [-0.2, 0) is 6.42 Å². The Kier molecular flexibility index (Phi) is 5.05. The highest BCUT2D eigenvalue weighted by Crippen LogP contribution is 2.28. The molecule has 0 aliphatic rings. The summed E-state index contributed by atoms with van der Waals surface area (Å²) in [6.45, 7) is 0.708. The number of para-hydroxylation sites is 1. The third-order valence-corrected chi connectivity index (χ3v) is 4.52. The molecule has 1 N–H and O–H groups in total. The lowest BCUT2D eigenvalue weighted by molar-refractivity contribution is 0.354. The van der Waals surface area contributed by atoms with Gasteiger partial charge < -0.3 is 14.8 Å². The minimum absolute atomic E-state index is 0.708. The molecule has 142 valence electrons. The molecule has 0 spiro atoms. The number of fused-ring (bicyclic) bond motifs is 1. The van der Waals surface area contributed by atoms with Crippen LogP contribution in [0.15, 0.2) is 61.2 Å².